The molecule has 0 bridgehead atoms. The van der Waals surface area contributed by atoms with E-state index in [1.807, 2.05) is 20.8 Å². The Hall–Kier alpha value is -1.82. The minimum absolute atomic E-state index is 0.00977. The lowest BCUT2D eigenvalue weighted by Gasteiger charge is -2.32. The SMILES string of the molecule is CC[C@H](C)NC(=O)[C@H](CC)N(Cc1c(Cl)cccc1Cl)C(=O)Cc1c(F)cccc1Cl. The molecule has 0 aromatic heterocycles. The van der Waals surface area contributed by atoms with Gasteiger partial charge in [0.15, 0.2) is 0 Å². The van der Waals surface area contributed by atoms with Gasteiger partial charge in [0.25, 0.3) is 0 Å². The molecule has 0 saturated carbocycles. The Kier molecular flexibility index (Phi) is 9.60. The van der Waals surface area contributed by atoms with Crippen molar-refractivity contribution in [1.82, 2.24) is 10.2 Å². The highest BCUT2D eigenvalue weighted by Gasteiger charge is 2.31. The highest BCUT2D eigenvalue weighted by atomic mass is 35.5. The molecular formula is C23H26Cl3FN2O2. The fraction of sp³-hybridized carbons (Fsp3) is 0.391. The zero-order valence-electron chi connectivity index (χ0n) is 17.7. The molecule has 2 aromatic carbocycles. The molecule has 8 heteroatoms. The summed E-state index contributed by atoms with van der Waals surface area (Å²) in [4.78, 5) is 27.7. The van der Waals surface area contributed by atoms with E-state index in [0.717, 1.165) is 6.42 Å². The average molecular weight is 488 g/mol. The number of nitrogens with zero attached hydrogens (tertiary/aromatic N) is 1. The number of halogens is 4. The number of amides is 2. The molecule has 0 aliphatic rings. The summed E-state index contributed by atoms with van der Waals surface area (Å²) in [5, 5.41) is 3.83. The van der Waals surface area contributed by atoms with E-state index in [-0.39, 0.29) is 35.5 Å². The van der Waals surface area contributed by atoms with Crippen LogP contribution in [-0.4, -0.2) is 28.8 Å². The predicted molar refractivity (Wildman–Crippen MR) is 124 cm³/mol. The zero-order chi connectivity index (χ0) is 23.1. The third kappa shape index (κ3) is 6.58. The summed E-state index contributed by atoms with van der Waals surface area (Å²) < 4.78 is 14.3. The van der Waals surface area contributed by atoms with Crippen LogP contribution < -0.4 is 5.32 Å². The second-order valence-corrected chi connectivity index (χ2v) is 8.56. The van der Waals surface area contributed by atoms with Crippen molar-refractivity contribution in [3.63, 3.8) is 0 Å². The molecule has 0 unspecified atom stereocenters. The highest BCUT2D eigenvalue weighted by molar-refractivity contribution is 6.36. The monoisotopic (exact) mass is 486 g/mol. The molecule has 2 aromatic rings. The van der Waals surface area contributed by atoms with Gasteiger partial charge in [0.2, 0.25) is 11.8 Å². The Morgan fingerprint density at radius 3 is 2.03 bits per heavy atom. The molecule has 1 N–H and O–H groups in total. The maximum absolute atomic E-state index is 14.3. The summed E-state index contributed by atoms with van der Waals surface area (Å²) in [6, 6.07) is 8.45. The van der Waals surface area contributed by atoms with E-state index >= 15 is 0 Å². The molecule has 4 nitrogen and oxygen atoms in total. The van der Waals surface area contributed by atoms with Crippen LogP contribution >= 0.6 is 34.8 Å². The second kappa shape index (κ2) is 11.7. The van der Waals surface area contributed by atoms with Gasteiger partial charge in [-0.2, -0.15) is 0 Å². The smallest absolute Gasteiger partial charge is 0.243 e. The van der Waals surface area contributed by atoms with E-state index in [0.29, 0.717) is 22.0 Å². The van der Waals surface area contributed by atoms with E-state index in [9.17, 15) is 14.0 Å². The first-order chi connectivity index (χ1) is 14.7. The molecule has 2 rings (SSSR count). The molecule has 2 atom stereocenters. The van der Waals surface area contributed by atoms with Crippen molar-refractivity contribution in [2.45, 2.75) is 58.7 Å². The Balaban J connectivity index is 2.43. The van der Waals surface area contributed by atoms with Crippen LogP contribution in [0.1, 0.15) is 44.7 Å². The van der Waals surface area contributed by atoms with E-state index in [1.165, 1.54) is 23.1 Å². The lowest BCUT2D eigenvalue weighted by Crippen LogP contribution is -2.51. The number of rotatable bonds is 9. The molecule has 2 amide bonds. The van der Waals surface area contributed by atoms with Crippen LogP contribution in [0, 0.1) is 5.82 Å². The molecular weight excluding hydrogens is 462 g/mol. The predicted octanol–water partition coefficient (Wildman–Crippen LogP) is 6.05. The van der Waals surface area contributed by atoms with Gasteiger partial charge in [-0.15, -0.1) is 0 Å². The second-order valence-electron chi connectivity index (χ2n) is 7.34. The Morgan fingerprint density at radius 2 is 1.52 bits per heavy atom. The molecule has 0 saturated heterocycles. The summed E-state index contributed by atoms with van der Waals surface area (Å²) in [7, 11) is 0. The van der Waals surface area contributed by atoms with Gasteiger partial charge in [-0.05, 0) is 44.0 Å². The zero-order valence-corrected chi connectivity index (χ0v) is 20.0. The fourth-order valence-corrected chi connectivity index (χ4v) is 3.92. The van der Waals surface area contributed by atoms with Gasteiger partial charge < -0.3 is 10.2 Å². The van der Waals surface area contributed by atoms with Crippen LogP contribution in [0.3, 0.4) is 0 Å². The maximum atomic E-state index is 14.3. The van der Waals surface area contributed by atoms with Crippen molar-refractivity contribution in [3.8, 4) is 0 Å². The number of hydrogen-bond donors (Lipinski definition) is 1. The third-order valence-corrected chi connectivity index (χ3v) is 6.23. The van der Waals surface area contributed by atoms with Gasteiger partial charge in [-0.3, -0.25) is 9.59 Å². The van der Waals surface area contributed by atoms with E-state index in [1.54, 1.807) is 18.2 Å². The van der Waals surface area contributed by atoms with Crippen molar-refractivity contribution in [3.05, 3.63) is 68.4 Å². The summed E-state index contributed by atoms with van der Waals surface area (Å²) in [6.45, 7) is 5.67. The highest BCUT2D eigenvalue weighted by Crippen LogP contribution is 2.28. The van der Waals surface area contributed by atoms with Gasteiger partial charge in [0, 0.05) is 38.8 Å². The van der Waals surface area contributed by atoms with Crippen LogP contribution in [0.4, 0.5) is 4.39 Å². The van der Waals surface area contributed by atoms with Gasteiger partial charge in [-0.25, -0.2) is 4.39 Å². The lowest BCUT2D eigenvalue weighted by atomic mass is 10.1. The quantitative estimate of drug-likeness (QED) is 0.468. The molecule has 0 aliphatic carbocycles. The van der Waals surface area contributed by atoms with Crippen LogP contribution in [0.2, 0.25) is 15.1 Å². The molecule has 31 heavy (non-hydrogen) atoms. The van der Waals surface area contributed by atoms with Crippen LogP contribution in [-0.2, 0) is 22.6 Å². The number of benzene rings is 2. The molecule has 0 heterocycles. The van der Waals surface area contributed by atoms with Crippen LogP contribution in [0.25, 0.3) is 0 Å². The number of nitrogens with one attached hydrogen (secondary N) is 1. The first-order valence-corrected chi connectivity index (χ1v) is 11.3. The largest absolute Gasteiger partial charge is 0.352 e. The number of carbonyl (C=O) groups excluding carboxylic acids is 2. The number of hydrogen-bond acceptors (Lipinski definition) is 2. The van der Waals surface area contributed by atoms with Gasteiger partial charge in [-0.1, -0.05) is 60.8 Å². The summed E-state index contributed by atoms with van der Waals surface area (Å²) in [5.74, 6) is -1.31. The number of carbonyl (C=O) groups is 2. The summed E-state index contributed by atoms with van der Waals surface area (Å²) >= 11 is 18.8. The van der Waals surface area contributed by atoms with Gasteiger partial charge >= 0.3 is 0 Å². The molecule has 0 fully saturated rings. The standard InChI is InChI=1S/C23H26Cl3FN2O2/c1-4-14(3)28-23(31)21(5-2)29(13-16-18(25)8-6-9-19(16)26)22(30)12-15-17(24)10-7-11-20(15)27/h6-11,14,21H,4-5,12-13H2,1-3H3,(H,28,31)/t14-,21-/m0/s1. The lowest BCUT2D eigenvalue weighted by molar-refractivity contribution is -0.141. The van der Waals surface area contributed by atoms with Crippen molar-refractivity contribution < 1.29 is 14.0 Å². The van der Waals surface area contributed by atoms with E-state index < -0.39 is 17.8 Å². The van der Waals surface area contributed by atoms with Crippen LogP contribution in [0.5, 0.6) is 0 Å². The maximum Gasteiger partial charge on any atom is 0.243 e. The topological polar surface area (TPSA) is 49.4 Å². The summed E-state index contributed by atoms with van der Waals surface area (Å²) in [6.07, 6.45) is 0.819. The third-order valence-electron chi connectivity index (χ3n) is 5.17. The average Bonchev–Trinajstić information content (AvgIpc) is 2.72. The molecule has 168 valence electrons. The van der Waals surface area contributed by atoms with Gasteiger partial charge in [0.05, 0.1) is 6.42 Å². The summed E-state index contributed by atoms with van der Waals surface area (Å²) in [5.41, 5.74) is 0.607. The molecule has 0 aliphatic heterocycles. The van der Waals surface area contributed by atoms with Crippen molar-refractivity contribution in [2.75, 3.05) is 0 Å². The van der Waals surface area contributed by atoms with Crippen molar-refractivity contribution in [1.29, 1.82) is 0 Å². The molecule has 0 radical (unpaired) electrons. The minimum atomic E-state index is -0.778. The van der Waals surface area contributed by atoms with Gasteiger partial charge in [0.1, 0.15) is 11.9 Å². The minimum Gasteiger partial charge on any atom is -0.352 e. The Labute approximate surface area is 197 Å². The molecule has 0 spiro atoms. The van der Waals surface area contributed by atoms with E-state index in [2.05, 4.69) is 5.32 Å². The van der Waals surface area contributed by atoms with Crippen molar-refractivity contribution in [2.24, 2.45) is 0 Å². The first-order valence-electron chi connectivity index (χ1n) is 10.1. The normalized spacial score (nSPS) is 12.9. The first kappa shape index (κ1) is 25.4. The Bertz CT molecular complexity index is 899. The van der Waals surface area contributed by atoms with E-state index in [4.69, 9.17) is 34.8 Å². The van der Waals surface area contributed by atoms with Crippen molar-refractivity contribution >= 4 is 46.6 Å². The van der Waals surface area contributed by atoms with Crippen LogP contribution in [0.15, 0.2) is 36.4 Å². The fourth-order valence-electron chi connectivity index (χ4n) is 3.17. The Morgan fingerprint density at radius 1 is 0.968 bits per heavy atom.